The smallest absolute Gasteiger partial charge is 0.0166 e. The highest BCUT2D eigenvalue weighted by Gasteiger charge is 2.30. The van der Waals surface area contributed by atoms with Gasteiger partial charge in [0.25, 0.3) is 0 Å². The van der Waals surface area contributed by atoms with Crippen molar-refractivity contribution in [3.05, 3.63) is 0 Å². The summed E-state index contributed by atoms with van der Waals surface area (Å²) in [5, 5.41) is 0. The van der Waals surface area contributed by atoms with Crippen molar-refractivity contribution in [1.29, 1.82) is 0 Å². The zero-order valence-corrected chi connectivity index (χ0v) is 11.8. The van der Waals surface area contributed by atoms with Gasteiger partial charge in [0.15, 0.2) is 0 Å². The molecule has 2 aliphatic rings. The number of nitrogens with two attached hydrogens (primary N) is 1. The Kier molecular flexibility index (Phi) is 4.48. The topological polar surface area (TPSA) is 29.3 Å². The number of rotatable bonds is 4. The molecule has 0 aromatic rings. The van der Waals surface area contributed by atoms with E-state index in [2.05, 4.69) is 18.7 Å². The molecule has 2 heteroatoms. The first-order valence-electron chi connectivity index (χ1n) is 7.60. The molecule has 1 saturated heterocycles. The number of piperidine rings is 1. The molecule has 17 heavy (non-hydrogen) atoms. The lowest BCUT2D eigenvalue weighted by molar-refractivity contribution is 0.147. The van der Waals surface area contributed by atoms with Crippen LogP contribution in [0.25, 0.3) is 0 Å². The molecule has 0 bridgehead atoms. The minimum Gasteiger partial charge on any atom is -0.325 e. The van der Waals surface area contributed by atoms with Crippen LogP contribution in [0.5, 0.6) is 0 Å². The normalized spacial score (nSPS) is 26.8. The van der Waals surface area contributed by atoms with Gasteiger partial charge in [0, 0.05) is 5.54 Å². The lowest BCUT2D eigenvalue weighted by Gasteiger charge is -2.35. The van der Waals surface area contributed by atoms with Crippen LogP contribution in [0.4, 0.5) is 0 Å². The molecule has 100 valence electrons. The fourth-order valence-corrected chi connectivity index (χ4v) is 3.55. The third kappa shape index (κ3) is 3.69. The standard InChI is InChI=1S/C15H30N2/c1-13(2)14-5-10-17(11-6-14)12-9-15(16)7-3-4-8-15/h13-14H,3-12,16H2,1-2H3. The van der Waals surface area contributed by atoms with E-state index in [0.29, 0.717) is 0 Å². The van der Waals surface area contributed by atoms with Crippen molar-refractivity contribution in [2.75, 3.05) is 19.6 Å². The second kappa shape index (κ2) is 5.71. The molecule has 2 rings (SSSR count). The van der Waals surface area contributed by atoms with Gasteiger partial charge in [0.2, 0.25) is 0 Å². The van der Waals surface area contributed by atoms with Crippen LogP contribution in [-0.2, 0) is 0 Å². The first-order chi connectivity index (χ1) is 8.09. The lowest BCUT2D eigenvalue weighted by Crippen LogP contribution is -2.43. The fraction of sp³-hybridized carbons (Fsp3) is 1.00. The van der Waals surface area contributed by atoms with Gasteiger partial charge in [-0.15, -0.1) is 0 Å². The summed E-state index contributed by atoms with van der Waals surface area (Å²) in [6.45, 7) is 8.58. The van der Waals surface area contributed by atoms with Crippen LogP contribution in [0.15, 0.2) is 0 Å². The Balaban J connectivity index is 1.68. The van der Waals surface area contributed by atoms with Gasteiger partial charge < -0.3 is 10.6 Å². The summed E-state index contributed by atoms with van der Waals surface area (Å²) in [5.41, 5.74) is 6.61. The van der Waals surface area contributed by atoms with Crippen molar-refractivity contribution >= 4 is 0 Å². The van der Waals surface area contributed by atoms with E-state index in [1.807, 2.05) is 0 Å². The number of hydrogen-bond donors (Lipinski definition) is 1. The maximum atomic E-state index is 6.43. The minimum atomic E-state index is 0.189. The average Bonchev–Trinajstić information content (AvgIpc) is 2.75. The van der Waals surface area contributed by atoms with Crippen molar-refractivity contribution in [1.82, 2.24) is 4.90 Å². The molecule has 1 aliphatic carbocycles. The molecule has 0 amide bonds. The van der Waals surface area contributed by atoms with Gasteiger partial charge in [-0.25, -0.2) is 0 Å². The summed E-state index contributed by atoms with van der Waals surface area (Å²) in [6, 6.07) is 0. The Morgan fingerprint density at radius 3 is 2.29 bits per heavy atom. The molecule has 1 aliphatic heterocycles. The molecule has 0 atom stereocenters. The Morgan fingerprint density at radius 1 is 1.18 bits per heavy atom. The van der Waals surface area contributed by atoms with Crippen LogP contribution in [0.1, 0.15) is 58.8 Å². The van der Waals surface area contributed by atoms with Gasteiger partial charge in [-0.1, -0.05) is 26.7 Å². The highest BCUT2D eigenvalue weighted by atomic mass is 15.1. The van der Waals surface area contributed by atoms with E-state index in [0.717, 1.165) is 11.8 Å². The van der Waals surface area contributed by atoms with Gasteiger partial charge in [0.05, 0.1) is 0 Å². The van der Waals surface area contributed by atoms with Crippen LogP contribution >= 0.6 is 0 Å². The molecule has 0 aromatic carbocycles. The number of hydrogen-bond acceptors (Lipinski definition) is 2. The summed E-state index contributed by atoms with van der Waals surface area (Å²) in [7, 11) is 0. The maximum absolute atomic E-state index is 6.43. The average molecular weight is 238 g/mol. The summed E-state index contributed by atoms with van der Waals surface area (Å²) in [4.78, 5) is 2.64. The van der Waals surface area contributed by atoms with E-state index >= 15 is 0 Å². The molecule has 0 radical (unpaired) electrons. The van der Waals surface area contributed by atoms with E-state index in [1.165, 1.54) is 64.6 Å². The van der Waals surface area contributed by atoms with Crippen LogP contribution in [0.3, 0.4) is 0 Å². The fourth-order valence-electron chi connectivity index (χ4n) is 3.55. The van der Waals surface area contributed by atoms with Crippen LogP contribution in [0.2, 0.25) is 0 Å². The molecule has 1 heterocycles. The number of likely N-dealkylation sites (tertiary alicyclic amines) is 1. The Hall–Kier alpha value is -0.0800. The Morgan fingerprint density at radius 2 is 1.76 bits per heavy atom. The van der Waals surface area contributed by atoms with E-state index in [4.69, 9.17) is 5.73 Å². The third-order valence-electron chi connectivity index (χ3n) is 5.10. The molecular weight excluding hydrogens is 208 g/mol. The van der Waals surface area contributed by atoms with E-state index in [9.17, 15) is 0 Å². The molecular formula is C15H30N2. The van der Waals surface area contributed by atoms with Crippen LogP contribution in [0, 0.1) is 11.8 Å². The van der Waals surface area contributed by atoms with E-state index < -0.39 is 0 Å². The van der Waals surface area contributed by atoms with Gasteiger partial charge in [-0.3, -0.25) is 0 Å². The molecule has 2 N–H and O–H groups in total. The predicted molar refractivity (Wildman–Crippen MR) is 74.0 cm³/mol. The van der Waals surface area contributed by atoms with Gasteiger partial charge in [0.1, 0.15) is 0 Å². The zero-order valence-electron chi connectivity index (χ0n) is 11.8. The number of nitrogens with zero attached hydrogens (tertiary/aromatic N) is 1. The predicted octanol–water partition coefficient (Wildman–Crippen LogP) is 3.02. The van der Waals surface area contributed by atoms with E-state index in [-0.39, 0.29) is 5.54 Å². The third-order valence-corrected chi connectivity index (χ3v) is 5.10. The van der Waals surface area contributed by atoms with E-state index in [1.54, 1.807) is 0 Å². The van der Waals surface area contributed by atoms with Crippen molar-refractivity contribution in [2.24, 2.45) is 17.6 Å². The van der Waals surface area contributed by atoms with Crippen LogP contribution < -0.4 is 5.73 Å². The molecule has 2 nitrogen and oxygen atoms in total. The molecule has 0 unspecified atom stereocenters. The SMILES string of the molecule is CC(C)C1CCN(CCC2(N)CCCC2)CC1. The summed E-state index contributed by atoms with van der Waals surface area (Å²) < 4.78 is 0. The molecule has 2 fully saturated rings. The highest BCUT2D eigenvalue weighted by molar-refractivity contribution is 4.90. The first kappa shape index (κ1) is 13.4. The van der Waals surface area contributed by atoms with Crippen LogP contribution in [-0.4, -0.2) is 30.1 Å². The monoisotopic (exact) mass is 238 g/mol. The summed E-state index contributed by atoms with van der Waals surface area (Å²) in [6.07, 6.45) is 9.24. The van der Waals surface area contributed by atoms with Gasteiger partial charge in [-0.05, 0) is 63.6 Å². The molecule has 1 saturated carbocycles. The first-order valence-corrected chi connectivity index (χ1v) is 7.60. The zero-order chi connectivity index (χ0) is 12.3. The lowest BCUT2D eigenvalue weighted by atomic mass is 9.86. The summed E-state index contributed by atoms with van der Waals surface area (Å²) in [5.74, 6) is 1.83. The summed E-state index contributed by atoms with van der Waals surface area (Å²) >= 11 is 0. The molecule has 0 aromatic heterocycles. The quantitative estimate of drug-likeness (QED) is 0.816. The van der Waals surface area contributed by atoms with Crippen molar-refractivity contribution in [2.45, 2.75) is 64.3 Å². The molecule has 0 spiro atoms. The minimum absolute atomic E-state index is 0.189. The second-order valence-corrected chi connectivity index (χ2v) is 6.74. The maximum Gasteiger partial charge on any atom is 0.0166 e. The van der Waals surface area contributed by atoms with Gasteiger partial charge >= 0.3 is 0 Å². The Labute approximate surface area is 107 Å². The Bertz CT molecular complexity index is 223. The largest absolute Gasteiger partial charge is 0.325 e. The van der Waals surface area contributed by atoms with Gasteiger partial charge in [-0.2, -0.15) is 0 Å². The van der Waals surface area contributed by atoms with Crippen molar-refractivity contribution < 1.29 is 0 Å². The second-order valence-electron chi connectivity index (χ2n) is 6.74. The van der Waals surface area contributed by atoms with Crippen molar-refractivity contribution in [3.8, 4) is 0 Å². The highest BCUT2D eigenvalue weighted by Crippen LogP contribution is 2.31. The van der Waals surface area contributed by atoms with Crippen molar-refractivity contribution in [3.63, 3.8) is 0 Å².